The van der Waals surface area contributed by atoms with Gasteiger partial charge in [-0.1, -0.05) is 88.4 Å². The average Bonchev–Trinajstić information content (AvgIpc) is 3.21. The van der Waals surface area contributed by atoms with Gasteiger partial charge in [-0.05, 0) is 40.5 Å². The number of anilines is 2. The maximum absolute atomic E-state index is 3.79. The van der Waals surface area contributed by atoms with Crippen molar-refractivity contribution in [3.8, 4) is 11.4 Å². The summed E-state index contributed by atoms with van der Waals surface area (Å²) in [6.45, 7) is 9.12. The molecular formula is C30H29N3. The van der Waals surface area contributed by atoms with Crippen molar-refractivity contribution in [3.05, 3.63) is 90.3 Å². The van der Waals surface area contributed by atoms with E-state index in [0.29, 0.717) is 11.8 Å². The van der Waals surface area contributed by atoms with Crippen LogP contribution in [0.25, 0.3) is 33.2 Å². The van der Waals surface area contributed by atoms with Crippen LogP contribution in [0.15, 0.2) is 72.8 Å². The summed E-state index contributed by atoms with van der Waals surface area (Å²) < 4.78 is 4.58. The molecule has 5 aromatic rings. The quantitative estimate of drug-likeness (QED) is 0.217. The fourth-order valence-corrected chi connectivity index (χ4v) is 5.42. The van der Waals surface area contributed by atoms with Crippen molar-refractivity contribution in [2.24, 2.45) is 0 Å². The van der Waals surface area contributed by atoms with Gasteiger partial charge < -0.3 is 4.90 Å². The molecule has 1 aliphatic heterocycles. The molecule has 6 rings (SSSR count). The van der Waals surface area contributed by atoms with Crippen molar-refractivity contribution in [2.45, 2.75) is 39.5 Å². The van der Waals surface area contributed by atoms with Crippen LogP contribution in [0.3, 0.4) is 0 Å². The highest BCUT2D eigenvalue weighted by Crippen LogP contribution is 2.42. The van der Waals surface area contributed by atoms with Crippen molar-refractivity contribution in [1.29, 1.82) is 0 Å². The van der Waals surface area contributed by atoms with Crippen molar-refractivity contribution in [3.63, 3.8) is 0 Å². The van der Waals surface area contributed by atoms with Gasteiger partial charge in [-0.15, -0.1) is 0 Å². The summed E-state index contributed by atoms with van der Waals surface area (Å²) in [6.07, 6.45) is 3.79. The first-order valence-corrected chi connectivity index (χ1v) is 11.8. The van der Waals surface area contributed by atoms with Gasteiger partial charge in [-0.2, -0.15) is 0 Å². The summed E-state index contributed by atoms with van der Waals surface area (Å²) >= 11 is 0. The molecule has 33 heavy (non-hydrogen) atoms. The molecule has 0 saturated carbocycles. The van der Waals surface area contributed by atoms with Crippen LogP contribution in [-0.2, 0) is 0 Å². The van der Waals surface area contributed by atoms with E-state index in [2.05, 4.69) is 128 Å². The minimum atomic E-state index is 0.421. The largest absolute Gasteiger partial charge is 0.350 e. The minimum absolute atomic E-state index is 0.421. The lowest BCUT2D eigenvalue weighted by Crippen LogP contribution is -2.36. The molecule has 3 nitrogen and oxygen atoms in total. The van der Waals surface area contributed by atoms with Gasteiger partial charge in [-0.25, -0.2) is 0 Å². The second-order valence-corrected chi connectivity index (χ2v) is 9.72. The van der Waals surface area contributed by atoms with Gasteiger partial charge in [0, 0.05) is 18.1 Å². The molecule has 0 saturated heterocycles. The first-order chi connectivity index (χ1) is 16.0. The van der Waals surface area contributed by atoms with E-state index in [1.165, 1.54) is 55.7 Å². The Kier molecular flexibility index (Phi) is 4.38. The Bertz CT molecular complexity index is 1510. The normalized spacial score (nSPS) is 12.9. The molecule has 0 spiro atoms. The van der Waals surface area contributed by atoms with Crippen molar-refractivity contribution in [2.75, 3.05) is 11.9 Å². The van der Waals surface area contributed by atoms with Crippen LogP contribution in [0, 0.1) is 6.33 Å². The standard InChI is InChI=1S/C30H29N3/c1-19(2)22-12-8-13-23(20(3)4)28(22)32-18-33-27-17-16-21-10-6-7-11-24(21)29(27)31(5)25-14-9-15-26(32)30(25)33/h6-17,19-20H,1-5H3. The Morgan fingerprint density at radius 2 is 1.42 bits per heavy atom. The first-order valence-electron chi connectivity index (χ1n) is 11.8. The number of benzene rings is 4. The maximum atomic E-state index is 3.79. The maximum Gasteiger partial charge on any atom is 0.269 e. The molecule has 0 N–H and O–H groups in total. The fraction of sp³-hybridized carbons (Fsp3) is 0.233. The molecule has 164 valence electrons. The topological polar surface area (TPSA) is 12.0 Å². The number of rotatable bonds is 3. The second-order valence-electron chi connectivity index (χ2n) is 9.72. The zero-order chi connectivity index (χ0) is 22.9. The minimum Gasteiger partial charge on any atom is -0.350 e. The third-order valence-corrected chi connectivity index (χ3v) is 7.04. The Morgan fingerprint density at radius 1 is 0.727 bits per heavy atom. The Labute approximate surface area is 195 Å². The zero-order valence-electron chi connectivity index (χ0n) is 19.9. The summed E-state index contributed by atoms with van der Waals surface area (Å²) in [6, 6.07) is 26.5. The van der Waals surface area contributed by atoms with E-state index in [4.69, 9.17) is 0 Å². The number of hydrogen-bond acceptors (Lipinski definition) is 1. The highest BCUT2D eigenvalue weighted by atomic mass is 15.2. The third kappa shape index (κ3) is 2.78. The van der Waals surface area contributed by atoms with Gasteiger partial charge in [0.15, 0.2) is 0 Å². The molecule has 3 heteroatoms. The van der Waals surface area contributed by atoms with Gasteiger partial charge in [0.2, 0.25) is 0 Å². The number of para-hydroxylation sites is 2. The number of aromatic nitrogens is 2. The number of fused-ring (bicyclic) bond motifs is 4. The lowest BCUT2D eigenvalue weighted by Gasteiger charge is -2.30. The van der Waals surface area contributed by atoms with Crippen LogP contribution < -0.4 is 9.47 Å². The van der Waals surface area contributed by atoms with Gasteiger partial charge in [-0.3, -0.25) is 9.13 Å². The van der Waals surface area contributed by atoms with Crippen LogP contribution in [0.4, 0.5) is 11.4 Å². The van der Waals surface area contributed by atoms with Crippen LogP contribution in [-0.4, -0.2) is 11.6 Å². The smallest absolute Gasteiger partial charge is 0.269 e. The molecule has 4 aromatic carbocycles. The molecule has 1 aliphatic rings. The van der Waals surface area contributed by atoms with E-state index >= 15 is 0 Å². The summed E-state index contributed by atoms with van der Waals surface area (Å²) in [7, 11) is 2.18. The van der Waals surface area contributed by atoms with E-state index in [-0.39, 0.29) is 0 Å². The highest BCUT2D eigenvalue weighted by Gasteiger charge is 2.28. The molecule has 1 aromatic heterocycles. The Balaban J connectivity index is 1.74. The Morgan fingerprint density at radius 3 is 2.15 bits per heavy atom. The van der Waals surface area contributed by atoms with E-state index in [9.17, 15) is 0 Å². The van der Waals surface area contributed by atoms with E-state index in [0.717, 1.165) is 0 Å². The van der Waals surface area contributed by atoms with Gasteiger partial charge in [0.1, 0.15) is 5.52 Å². The number of nitrogens with zero attached hydrogens (tertiary/aromatic N) is 3. The number of hydrogen-bond donors (Lipinski definition) is 0. The first kappa shape index (κ1) is 20.0. The summed E-state index contributed by atoms with van der Waals surface area (Å²) in [5.41, 5.74) is 10.00. The SMILES string of the molecule is CC(C)c1cccc(C(C)C)c1-n1[c-][n+]2c3c(cccc31)N(C)c1c-2ccc2ccccc12. The van der Waals surface area contributed by atoms with Crippen molar-refractivity contribution >= 4 is 33.2 Å². The predicted octanol–water partition coefficient (Wildman–Crippen LogP) is 7.19. The van der Waals surface area contributed by atoms with Gasteiger partial charge in [0.25, 0.3) is 6.33 Å². The molecule has 0 amide bonds. The molecular weight excluding hydrogens is 402 g/mol. The van der Waals surface area contributed by atoms with Gasteiger partial charge in [0.05, 0.1) is 22.6 Å². The molecule has 0 bridgehead atoms. The average molecular weight is 432 g/mol. The van der Waals surface area contributed by atoms with Crippen LogP contribution in [0.1, 0.15) is 50.7 Å². The van der Waals surface area contributed by atoms with E-state index < -0.39 is 0 Å². The molecule has 0 unspecified atom stereocenters. The molecule has 0 aliphatic carbocycles. The molecule has 2 heterocycles. The van der Waals surface area contributed by atoms with Crippen molar-refractivity contribution < 1.29 is 4.57 Å². The van der Waals surface area contributed by atoms with Crippen LogP contribution in [0.2, 0.25) is 0 Å². The third-order valence-electron chi connectivity index (χ3n) is 7.04. The summed E-state index contributed by atoms with van der Waals surface area (Å²) in [4.78, 5) is 2.34. The fourth-order valence-electron chi connectivity index (χ4n) is 5.42. The molecule has 0 fully saturated rings. The lowest BCUT2D eigenvalue weighted by molar-refractivity contribution is -0.572. The summed E-state index contributed by atoms with van der Waals surface area (Å²) in [5, 5.41) is 2.52. The second kappa shape index (κ2) is 7.21. The van der Waals surface area contributed by atoms with E-state index in [1.807, 2.05) is 0 Å². The monoisotopic (exact) mass is 431 g/mol. The van der Waals surface area contributed by atoms with Gasteiger partial charge >= 0.3 is 0 Å². The zero-order valence-corrected chi connectivity index (χ0v) is 19.9. The lowest BCUT2D eigenvalue weighted by atomic mass is 9.92. The van der Waals surface area contributed by atoms with Crippen molar-refractivity contribution in [1.82, 2.24) is 4.57 Å². The number of imidazole rings is 1. The molecule has 0 radical (unpaired) electrons. The Hall–Kier alpha value is -3.59. The van der Waals surface area contributed by atoms with Crippen LogP contribution in [0.5, 0.6) is 0 Å². The summed E-state index contributed by atoms with van der Waals surface area (Å²) in [5.74, 6) is 0.843. The van der Waals surface area contributed by atoms with E-state index in [1.54, 1.807) is 0 Å². The highest BCUT2D eigenvalue weighted by molar-refractivity contribution is 6.03. The van der Waals surface area contributed by atoms with Crippen LogP contribution >= 0.6 is 0 Å². The predicted molar refractivity (Wildman–Crippen MR) is 137 cm³/mol. The molecule has 0 atom stereocenters.